The number of aryl methyl sites for hydroxylation is 1. The number of hydrogen-bond donors (Lipinski definition) is 0. The highest BCUT2D eigenvalue weighted by Crippen LogP contribution is 2.27. The fourth-order valence-corrected chi connectivity index (χ4v) is 2.73. The molecule has 0 amide bonds. The lowest BCUT2D eigenvalue weighted by molar-refractivity contribution is 0.433. The van der Waals surface area contributed by atoms with Crippen LogP contribution in [-0.4, -0.2) is 39.3 Å². The SMILES string of the molecule is Cc1cc(Oc2ncnc3c2cnn3-c2ccccc2)n2ncnc2n1. The molecule has 0 aliphatic rings. The third kappa shape index (κ3) is 2.25. The van der Waals surface area contributed by atoms with Crippen molar-refractivity contribution < 1.29 is 4.74 Å². The van der Waals surface area contributed by atoms with E-state index in [9.17, 15) is 0 Å². The Hall–Kier alpha value is -3.88. The lowest BCUT2D eigenvalue weighted by Crippen LogP contribution is -2.01. The van der Waals surface area contributed by atoms with Crippen LogP contribution in [0.4, 0.5) is 0 Å². The first-order chi connectivity index (χ1) is 12.8. The molecule has 126 valence electrons. The van der Waals surface area contributed by atoms with Crippen molar-refractivity contribution in [1.29, 1.82) is 0 Å². The summed E-state index contributed by atoms with van der Waals surface area (Å²) in [6.07, 6.45) is 4.56. The van der Waals surface area contributed by atoms with Gasteiger partial charge in [0.2, 0.25) is 11.8 Å². The third-order valence-corrected chi connectivity index (χ3v) is 3.88. The van der Waals surface area contributed by atoms with Gasteiger partial charge in [0.15, 0.2) is 5.65 Å². The van der Waals surface area contributed by atoms with Crippen LogP contribution in [0.2, 0.25) is 0 Å². The topological polar surface area (TPSA) is 95.9 Å². The largest absolute Gasteiger partial charge is 0.420 e. The zero-order valence-corrected chi connectivity index (χ0v) is 13.7. The van der Waals surface area contributed by atoms with E-state index in [-0.39, 0.29) is 0 Å². The predicted octanol–water partition coefficient (Wildman–Crippen LogP) is 2.35. The average molecular weight is 344 g/mol. The number of benzene rings is 1. The van der Waals surface area contributed by atoms with E-state index >= 15 is 0 Å². The Morgan fingerprint density at radius 3 is 2.73 bits per heavy atom. The molecule has 0 unspecified atom stereocenters. The quantitative estimate of drug-likeness (QED) is 0.495. The summed E-state index contributed by atoms with van der Waals surface area (Å²) in [7, 11) is 0. The molecule has 0 aliphatic heterocycles. The van der Waals surface area contributed by atoms with Gasteiger partial charge >= 0.3 is 0 Å². The molecule has 26 heavy (non-hydrogen) atoms. The van der Waals surface area contributed by atoms with Gasteiger partial charge in [-0.2, -0.15) is 19.7 Å². The van der Waals surface area contributed by atoms with Crippen molar-refractivity contribution >= 4 is 16.8 Å². The Morgan fingerprint density at radius 1 is 0.962 bits per heavy atom. The molecule has 0 spiro atoms. The van der Waals surface area contributed by atoms with E-state index in [0.717, 1.165) is 11.4 Å². The molecule has 9 heteroatoms. The minimum Gasteiger partial charge on any atom is -0.420 e. The smallest absolute Gasteiger partial charge is 0.255 e. The van der Waals surface area contributed by atoms with Gasteiger partial charge < -0.3 is 4.74 Å². The van der Waals surface area contributed by atoms with Crippen molar-refractivity contribution in [3.05, 3.63) is 60.9 Å². The summed E-state index contributed by atoms with van der Waals surface area (Å²) in [5, 5.41) is 9.26. The van der Waals surface area contributed by atoms with Gasteiger partial charge in [0, 0.05) is 11.8 Å². The Morgan fingerprint density at radius 2 is 1.85 bits per heavy atom. The lowest BCUT2D eigenvalue weighted by Gasteiger charge is -2.07. The van der Waals surface area contributed by atoms with E-state index in [1.54, 1.807) is 16.9 Å². The van der Waals surface area contributed by atoms with E-state index < -0.39 is 0 Å². The number of fused-ring (bicyclic) bond motifs is 2. The van der Waals surface area contributed by atoms with Crippen molar-refractivity contribution in [2.75, 3.05) is 0 Å². The Kier molecular flexibility index (Phi) is 3.11. The predicted molar refractivity (Wildman–Crippen MR) is 92.3 cm³/mol. The molecule has 0 bridgehead atoms. The number of ether oxygens (including phenoxy) is 1. The number of aromatic nitrogens is 8. The Labute approximate surface area is 146 Å². The fourth-order valence-electron chi connectivity index (χ4n) is 2.73. The molecule has 0 N–H and O–H groups in total. The van der Waals surface area contributed by atoms with Crippen LogP contribution in [0.15, 0.2) is 55.2 Å². The molecule has 4 heterocycles. The maximum atomic E-state index is 6.01. The molecule has 0 aliphatic carbocycles. The van der Waals surface area contributed by atoms with Crippen molar-refractivity contribution in [3.63, 3.8) is 0 Å². The highest BCUT2D eigenvalue weighted by Gasteiger charge is 2.15. The second-order valence-electron chi connectivity index (χ2n) is 5.62. The fraction of sp³-hybridized carbons (Fsp3) is 0.0588. The summed E-state index contributed by atoms with van der Waals surface area (Å²) in [4.78, 5) is 17.0. The van der Waals surface area contributed by atoms with E-state index in [1.165, 1.54) is 17.2 Å². The van der Waals surface area contributed by atoms with Crippen LogP contribution in [0.1, 0.15) is 5.69 Å². The number of nitrogens with zero attached hydrogens (tertiary/aromatic N) is 8. The molecule has 0 saturated carbocycles. The van der Waals surface area contributed by atoms with Gasteiger partial charge in [0.25, 0.3) is 5.78 Å². The zero-order valence-electron chi connectivity index (χ0n) is 13.7. The average Bonchev–Trinajstić information content (AvgIpc) is 3.29. The molecule has 5 aromatic rings. The van der Waals surface area contributed by atoms with E-state index in [0.29, 0.717) is 28.6 Å². The molecule has 1 aromatic carbocycles. The van der Waals surface area contributed by atoms with Crippen LogP contribution in [0.3, 0.4) is 0 Å². The highest BCUT2D eigenvalue weighted by atomic mass is 16.5. The lowest BCUT2D eigenvalue weighted by atomic mass is 10.3. The van der Waals surface area contributed by atoms with Gasteiger partial charge in [-0.3, -0.25) is 0 Å². The normalized spacial score (nSPS) is 11.3. The molecule has 9 nitrogen and oxygen atoms in total. The zero-order chi connectivity index (χ0) is 17.5. The van der Waals surface area contributed by atoms with Crippen LogP contribution in [0, 0.1) is 6.92 Å². The summed E-state index contributed by atoms with van der Waals surface area (Å²) < 4.78 is 9.27. The van der Waals surface area contributed by atoms with Crippen LogP contribution < -0.4 is 4.74 Å². The molecule has 4 aromatic heterocycles. The van der Waals surface area contributed by atoms with E-state index in [4.69, 9.17) is 4.74 Å². The molecule has 5 rings (SSSR count). The monoisotopic (exact) mass is 344 g/mol. The molecule has 0 atom stereocenters. The Balaban J connectivity index is 1.64. The maximum absolute atomic E-state index is 6.01. The van der Waals surface area contributed by atoms with Gasteiger partial charge in [-0.05, 0) is 19.1 Å². The molecule has 0 fully saturated rings. The van der Waals surface area contributed by atoms with Crippen molar-refractivity contribution in [3.8, 4) is 17.4 Å². The summed E-state index contributed by atoms with van der Waals surface area (Å²) in [5.74, 6) is 1.32. The van der Waals surface area contributed by atoms with Crippen LogP contribution in [0.5, 0.6) is 11.8 Å². The van der Waals surface area contributed by atoms with Gasteiger partial charge in [0.1, 0.15) is 18.0 Å². The van der Waals surface area contributed by atoms with Gasteiger partial charge in [-0.25, -0.2) is 19.6 Å². The number of rotatable bonds is 3. The van der Waals surface area contributed by atoms with Crippen LogP contribution in [-0.2, 0) is 0 Å². The van der Waals surface area contributed by atoms with Gasteiger partial charge in [-0.1, -0.05) is 18.2 Å². The Bertz CT molecular complexity index is 1230. The molecular weight excluding hydrogens is 332 g/mol. The van der Waals surface area contributed by atoms with Crippen molar-refractivity contribution in [2.24, 2.45) is 0 Å². The number of para-hydroxylation sites is 1. The first-order valence-electron chi connectivity index (χ1n) is 7.89. The summed E-state index contributed by atoms with van der Waals surface area (Å²) in [6, 6.07) is 11.5. The minimum absolute atomic E-state index is 0.389. The highest BCUT2D eigenvalue weighted by molar-refractivity contribution is 5.81. The van der Waals surface area contributed by atoms with Crippen LogP contribution >= 0.6 is 0 Å². The van der Waals surface area contributed by atoms with Crippen molar-refractivity contribution in [1.82, 2.24) is 39.3 Å². The van der Waals surface area contributed by atoms with E-state index in [1.807, 2.05) is 37.3 Å². The van der Waals surface area contributed by atoms with E-state index in [2.05, 4.69) is 30.1 Å². The second-order valence-corrected chi connectivity index (χ2v) is 5.62. The molecular formula is C17H12N8O. The van der Waals surface area contributed by atoms with Crippen molar-refractivity contribution in [2.45, 2.75) is 6.92 Å². The maximum Gasteiger partial charge on any atom is 0.255 e. The van der Waals surface area contributed by atoms with Gasteiger partial charge in [-0.15, -0.1) is 0 Å². The molecule has 0 saturated heterocycles. The molecule has 0 radical (unpaired) electrons. The minimum atomic E-state index is 0.389. The summed E-state index contributed by atoms with van der Waals surface area (Å²) >= 11 is 0. The van der Waals surface area contributed by atoms with Gasteiger partial charge in [0.05, 0.1) is 11.9 Å². The second kappa shape index (κ2) is 5.59. The van der Waals surface area contributed by atoms with Crippen LogP contribution in [0.25, 0.3) is 22.5 Å². The number of hydrogen-bond acceptors (Lipinski definition) is 7. The standard InChI is InChI=1S/C17H12N8O/c1-11-7-14(25-17(23-11)20-10-22-25)26-16-13-8-21-24(15(13)18-9-19-16)12-5-3-2-4-6-12/h2-10H,1H3. The first kappa shape index (κ1) is 14.5. The first-order valence-corrected chi connectivity index (χ1v) is 7.89. The third-order valence-electron chi connectivity index (χ3n) is 3.88. The summed E-state index contributed by atoms with van der Waals surface area (Å²) in [5.41, 5.74) is 2.33. The summed E-state index contributed by atoms with van der Waals surface area (Å²) in [6.45, 7) is 1.87.